The molecule has 1 saturated heterocycles. The second-order valence-electron chi connectivity index (χ2n) is 5.92. The zero-order valence-electron chi connectivity index (χ0n) is 12.3. The number of amides is 1. The van der Waals surface area contributed by atoms with Gasteiger partial charge in [-0.3, -0.25) is 9.69 Å². The fraction of sp³-hybridized carbons (Fsp3) is 0.562. The standard InChI is InChI=1S/C16H22N2O3/c1-21-15-9-18(8-14(15)19)10-16(20)17-13-6-5-11-3-2-4-12(11)7-13/h5-7,14-15,19H,2-4,8-10H2,1H3,(H,17,20)/t14-,15-/m1/s1. The van der Waals surface area contributed by atoms with E-state index in [1.165, 1.54) is 17.5 Å². The summed E-state index contributed by atoms with van der Waals surface area (Å²) in [5.41, 5.74) is 3.62. The number of carbonyl (C=O) groups excluding carboxylic acids is 1. The topological polar surface area (TPSA) is 61.8 Å². The number of likely N-dealkylation sites (tertiary alicyclic amines) is 1. The van der Waals surface area contributed by atoms with Gasteiger partial charge in [0.15, 0.2) is 0 Å². The number of aliphatic hydroxyl groups is 1. The molecular weight excluding hydrogens is 268 g/mol. The number of nitrogens with one attached hydrogen (secondary N) is 1. The maximum absolute atomic E-state index is 12.1. The number of carbonyl (C=O) groups is 1. The maximum atomic E-state index is 12.1. The molecule has 21 heavy (non-hydrogen) atoms. The summed E-state index contributed by atoms with van der Waals surface area (Å²) in [5.74, 6) is -0.0445. The summed E-state index contributed by atoms with van der Waals surface area (Å²) < 4.78 is 5.18. The summed E-state index contributed by atoms with van der Waals surface area (Å²) in [5, 5.41) is 12.7. The number of methoxy groups -OCH3 is 1. The fourth-order valence-electron chi connectivity index (χ4n) is 3.25. The minimum atomic E-state index is -0.511. The van der Waals surface area contributed by atoms with Crippen LogP contribution in [-0.4, -0.2) is 54.9 Å². The summed E-state index contributed by atoms with van der Waals surface area (Å²) in [7, 11) is 1.59. The first kappa shape index (κ1) is 14.5. The first-order valence-electron chi connectivity index (χ1n) is 7.50. The van der Waals surface area contributed by atoms with E-state index in [9.17, 15) is 9.90 Å². The van der Waals surface area contributed by atoms with Crippen molar-refractivity contribution >= 4 is 11.6 Å². The van der Waals surface area contributed by atoms with Crippen molar-refractivity contribution in [3.63, 3.8) is 0 Å². The van der Waals surface area contributed by atoms with Crippen molar-refractivity contribution < 1.29 is 14.6 Å². The molecule has 0 saturated carbocycles. The average molecular weight is 290 g/mol. The average Bonchev–Trinajstić information content (AvgIpc) is 3.04. The second-order valence-corrected chi connectivity index (χ2v) is 5.92. The number of hydrogen-bond donors (Lipinski definition) is 2. The highest BCUT2D eigenvalue weighted by atomic mass is 16.5. The van der Waals surface area contributed by atoms with Gasteiger partial charge in [-0.2, -0.15) is 0 Å². The third kappa shape index (κ3) is 3.26. The molecule has 0 unspecified atom stereocenters. The van der Waals surface area contributed by atoms with Gasteiger partial charge in [-0.05, 0) is 42.5 Å². The van der Waals surface area contributed by atoms with E-state index < -0.39 is 6.10 Å². The Morgan fingerprint density at radius 1 is 1.38 bits per heavy atom. The zero-order chi connectivity index (χ0) is 14.8. The molecule has 1 aromatic rings. The molecule has 114 valence electrons. The second kappa shape index (κ2) is 6.13. The molecule has 1 aromatic carbocycles. The first-order valence-corrected chi connectivity index (χ1v) is 7.50. The Bertz CT molecular complexity index is 532. The molecule has 2 atom stereocenters. The predicted molar refractivity (Wildman–Crippen MR) is 80.3 cm³/mol. The van der Waals surface area contributed by atoms with Crippen LogP contribution < -0.4 is 5.32 Å². The Labute approximate surface area is 124 Å². The molecule has 2 N–H and O–H groups in total. The number of β-amino-alcohol motifs (C(OH)–C–C–N with tert-alkyl or cyclic N) is 1. The fourth-order valence-corrected chi connectivity index (χ4v) is 3.25. The number of aryl methyl sites for hydroxylation is 2. The van der Waals surface area contributed by atoms with E-state index in [-0.39, 0.29) is 18.6 Å². The monoisotopic (exact) mass is 290 g/mol. The van der Waals surface area contributed by atoms with Gasteiger partial charge in [0.05, 0.1) is 18.8 Å². The smallest absolute Gasteiger partial charge is 0.238 e. The van der Waals surface area contributed by atoms with Crippen LogP contribution in [-0.2, 0) is 22.4 Å². The summed E-state index contributed by atoms with van der Waals surface area (Å²) in [6.07, 6.45) is 2.75. The number of benzene rings is 1. The predicted octanol–water partition coefficient (Wildman–Crippen LogP) is 0.805. The Hall–Kier alpha value is -1.43. The molecule has 1 aliphatic heterocycles. The summed E-state index contributed by atoms with van der Waals surface area (Å²) >= 11 is 0. The van der Waals surface area contributed by atoms with Gasteiger partial charge in [0.25, 0.3) is 0 Å². The van der Waals surface area contributed by atoms with Gasteiger partial charge in [0, 0.05) is 25.9 Å². The van der Waals surface area contributed by atoms with Crippen molar-refractivity contribution in [3.05, 3.63) is 29.3 Å². The molecule has 5 heteroatoms. The molecule has 0 spiro atoms. The van der Waals surface area contributed by atoms with Crippen LogP contribution in [0.3, 0.4) is 0 Å². The lowest BCUT2D eigenvalue weighted by Crippen LogP contribution is -2.32. The maximum Gasteiger partial charge on any atom is 0.238 e. The van der Waals surface area contributed by atoms with Crippen molar-refractivity contribution in [2.45, 2.75) is 31.5 Å². The molecule has 0 bridgehead atoms. The molecule has 0 radical (unpaired) electrons. The Morgan fingerprint density at radius 2 is 2.19 bits per heavy atom. The van der Waals surface area contributed by atoms with Crippen molar-refractivity contribution in [2.24, 2.45) is 0 Å². The largest absolute Gasteiger partial charge is 0.389 e. The molecule has 1 heterocycles. The van der Waals surface area contributed by atoms with Gasteiger partial charge in [0.2, 0.25) is 5.91 Å². The molecule has 5 nitrogen and oxygen atoms in total. The van der Waals surface area contributed by atoms with Crippen molar-refractivity contribution in [2.75, 3.05) is 32.1 Å². The minimum Gasteiger partial charge on any atom is -0.389 e. The lowest BCUT2D eigenvalue weighted by molar-refractivity contribution is -0.117. The highest BCUT2D eigenvalue weighted by Crippen LogP contribution is 2.24. The van der Waals surface area contributed by atoms with Gasteiger partial charge in [-0.1, -0.05) is 6.07 Å². The first-order chi connectivity index (χ1) is 10.2. The third-order valence-electron chi connectivity index (χ3n) is 4.36. The Balaban J connectivity index is 1.55. The van der Waals surface area contributed by atoms with E-state index in [1.807, 2.05) is 11.0 Å². The molecular formula is C16H22N2O3. The van der Waals surface area contributed by atoms with E-state index in [2.05, 4.69) is 17.4 Å². The quantitative estimate of drug-likeness (QED) is 0.861. The molecule has 0 aromatic heterocycles. The van der Waals surface area contributed by atoms with Crippen LogP contribution in [0.5, 0.6) is 0 Å². The Kier molecular flexibility index (Phi) is 4.24. The zero-order valence-corrected chi connectivity index (χ0v) is 12.3. The van der Waals surface area contributed by atoms with Gasteiger partial charge in [-0.25, -0.2) is 0 Å². The van der Waals surface area contributed by atoms with Crippen LogP contribution in [0.1, 0.15) is 17.5 Å². The van der Waals surface area contributed by atoms with Gasteiger partial charge < -0.3 is 15.2 Å². The van der Waals surface area contributed by atoms with Crippen LogP contribution in [0.25, 0.3) is 0 Å². The number of nitrogens with zero attached hydrogens (tertiary/aromatic N) is 1. The number of hydrogen-bond acceptors (Lipinski definition) is 4. The lowest BCUT2D eigenvalue weighted by Gasteiger charge is -2.15. The van der Waals surface area contributed by atoms with Crippen molar-refractivity contribution in [1.29, 1.82) is 0 Å². The summed E-state index contributed by atoms with van der Waals surface area (Å²) in [6, 6.07) is 6.16. The number of aliphatic hydroxyl groups excluding tert-OH is 1. The number of rotatable bonds is 4. The van der Waals surface area contributed by atoms with Gasteiger partial charge >= 0.3 is 0 Å². The van der Waals surface area contributed by atoms with Crippen LogP contribution in [0.2, 0.25) is 0 Å². The van der Waals surface area contributed by atoms with E-state index in [0.717, 1.165) is 18.5 Å². The van der Waals surface area contributed by atoms with Crippen LogP contribution >= 0.6 is 0 Å². The van der Waals surface area contributed by atoms with E-state index in [1.54, 1.807) is 7.11 Å². The van der Waals surface area contributed by atoms with Gasteiger partial charge in [0.1, 0.15) is 0 Å². The Morgan fingerprint density at radius 3 is 2.95 bits per heavy atom. The van der Waals surface area contributed by atoms with E-state index in [0.29, 0.717) is 13.1 Å². The summed E-state index contributed by atoms with van der Waals surface area (Å²) in [4.78, 5) is 14.0. The lowest BCUT2D eigenvalue weighted by atomic mass is 10.1. The normalized spacial score (nSPS) is 25.0. The minimum absolute atomic E-state index is 0.0445. The highest BCUT2D eigenvalue weighted by molar-refractivity contribution is 5.92. The third-order valence-corrected chi connectivity index (χ3v) is 4.36. The van der Waals surface area contributed by atoms with Crippen molar-refractivity contribution in [1.82, 2.24) is 4.90 Å². The number of anilines is 1. The van der Waals surface area contributed by atoms with E-state index >= 15 is 0 Å². The van der Waals surface area contributed by atoms with E-state index in [4.69, 9.17) is 4.74 Å². The molecule has 2 aliphatic rings. The molecule has 1 amide bonds. The molecule has 1 fully saturated rings. The van der Waals surface area contributed by atoms with Crippen LogP contribution in [0, 0.1) is 0 Å². The number of fused-ring (bicyclic) bond motifs is 1. The number of ether oxygens (including phenoxy) is 1. The highest BCUT2D eigenvalue weighted by Gasteiger charge is 2.32. The molecule has 1 aliphatic carbocycles. The molecule has 3 rings (SSSR count). The van der Waals surface area contributed by atoms with Crippen LogP contribution in [0.15, 0.2) is 18.2 Å². The van der Waals surface area contributed by atoms with Crippen molar-refractivity contribution in [3.8, 4) is 0 Å². The van der Waals surface area contributed by atoms with Crippen LogP contribution in [0.4, 0.5) is 5.69 Å². The summed E-state index contributed by atoms with van der Waals surface area (Å²) in [6.45, 7) is 1.36. The SMILES string of the molecule is CO[C@@H]1CN(CC(=O)Nc2ccc3c(c2)CCC3)C[C@H]1O. The van der Waals surface area contributed by atoms with Gasteiger partial charge in [-0.15, -0.1) is 0 Å².